The van der Waals surface area contributed by atoms with Gasteiger partial charge in [0.15, 0.2) is 0 Å². The third kappa shape index (κ3) is 4.01. The molecule has 0 aromatic heterocycles. The SMILES string of the molecule is CC(C)c1ccc(C(=O)Nc2ccc(S(=O)(=O)N(C)C)cc2)cc1. The van der Waals surface area contributed by atoms with Gasteiger partial charge in [0.05, 0.1) is 4.90 Å². The second-order valence-electron chi connectivity index (χ2n) is 6.04. The third-order valence-corrected chi connectivity index (χ3v) is 5.56. The van der Waals surface area contributed by atoms with Crippen molar-refractivity contribution in [1.29, 1.82) is 0 Å². The third-order valence-electron chi connectivity index (χ3n) is 3.73. The van der Waals surface area contributed by atoms with Crippen LogP contribution in [0.1, 0.15) is 35.7 Å². The lowest BCUT2D eigenvalue weighted by Gasteiger charge is -2.12. The monoisotopic (exact) mass is 346 g/mol. The lowest BCUT2D eigenvalue weighted by Crippen LogP contribution is -2.22. The highest BCUT2D eigenvalue weighted by molar-refractivity contribution is 7.89. The number of rotatable bonds is 5. The van der Waals surface area contributed by atoms with Crippen molar-refractivity contribution in [3.05, 3.63) is 59.7 Å². The fourth-order valence-corrected chi connectivity index (χ4v) is 3.05. The van der Waals surface area contributed by atoms with Gasteiger partial charge in [-0.05, 0) is 47.9 Å². The molecule has 6 heteroatoms. The molecule has 5 nitrogen and oxygen atoms in total. The Bertz CT molecular complexity index is 808. The summed E-state index contributed by atoms with van der Waals surface area (Å²) in [6.07, 6.45) is 0. The molecule has 0 spiro atoms. The van der Waals surface area contributed by atoms with Gasteiger partial charge in [-0.1, -0.05) is 26.0 Å². The van der Waals surface area contributed by atoms with E-state index in [4.69, 9.17) is 0 Å². The molecule has 2 aromatic rings. The van der Waals surface area contributed by atoms with Crippen molar-refractivity contribution in [2.75, 3.05) is 19.4 Å². The second kappa shape index (κ2) is 7.15. The predicted molar refractivity (Wildman–Crippen MR) is 95.8 cm³/mol. The highest BCUT2D eigenvalue weighted by Gasteiger charge is 2.16. The molecule has 2 rings (SSSR count). The van der Waals surface area contributed by atoms with Gasteiger partial charge in [-0.25, -0.2) is 12.7 Å². The molecule has 0 radical (unpaired) electrons. The van der Waals surface area contributed by atoms with Crippen molar-refractivity contribution in [1.82, 2.24) is 4.31 Å². The van der Waals surface area contributed by atoms with Crippen molar-refractivity contribution in [3.63, 3.8) is 0 Å². The summed E-state index contributed by atoms with van der Waals surface area (Å²) >= 11 is 0. The average Bonchev–Trinajstić information content (AvgIpc) is 2.55. The van der Waals surface area contributed by atoms with Gasteiger partial charge in [-0.15, -0.1) is 0 Å². The molecule has 0 bridgehead atoms. The van der Waals surface area contributed by atoms with Crippen molar-refractivity contribution in [2.45, 2.75) is 24.7 Å². The van der Waals surface area contributed by atoms with Gasteiger partial charge in [0.2, 0.25) is 10.0 Å². The van der Waals surface area contributed by atoms with E-state index in [9.17, 15) is 13.2 Å². The van der Waals surface area contributed by atoms with Crippen LogP contribution >= 0.6 is 0 Å². The summed E-state index contributed by atoms with van der Waals surface area (Å²) in [6.45, 7) is 4.19. The van der Waals surface area contributed by atoms with E-state index in [1.54, 1.807) is 24.3 Å². The highest BCUT2D eigenvalue weighted by atomic mass is 32.2. The topological polar surface area (TPSA) is 66.5 Å². The van der Waals surface area contributed by atoms with E-state index in [2.05, 4.69) is 19.2 Å². The molecule has 0 aliphatic rings. The summed E-state index contributed by atoms with van der Waals surface area (Å²) in [5.41, 5.74) is 2.28. The van der Waals surface area contributed by atoms with Gasteiger partial charge in [-0.3, -0.25) is 4.79 Å². The molecule has 0 saturated heterocycles. The number of amides is 1. The first kappa shape index (κ1) is 18.2. The number of nitrogens with zero attached hydrogens (tertiary/aromatic N) is 1. The maximum atomic E-state index is 12.2. The van der Waals surface area contributed by atoms with Gasteiger partial charge in [0.1, 0.15) is 0 Å². The standard InChI is InChI=1S/C18H22N2O3S/c1-13(2)14-5-7-15(8-6-14)18(21)19-16-9-11-17(12-10-16)24(22,23)20(3)4/h5-13H,1-4H3,(H,19,21). The Labute approximate surface area is 143 Å². The Morgan fingerprint density at radius 1 is 0.958 bits per heavy atom. The number of benzene rings is 2. The van der Waals surface area contributed by atoms with Crippen LogP contribution in [-0.4, -0.2) is 32.7 Å². The summed E-state index contributed by atoms with van der Waals surface area (Å²) < 4.78 is 25.2. The van der Waals surface area contributed by atoms with Gasteiger partial charge in [0, 0.05) is 25.3 Å². The fraction of sp³-hybridized carbons (Fsp3) is 0.278. The molecule has 0 aliphatic heterocycles. The zero-order chi connectivity index (χ0) is 17.9. The van der Waals surface area contributed by atoms with Crippen LogP contribution in [0, 0.1) is 0 Å². The Morgan fingerprint density at radius 2 is 1.50 bits per heavy atom. The molecule has 2 aromatic carbocycles. The van der Waals surface area contributed by atoms with Crippen molar-refractivity contribution < 1.29 is 13.2 Å². The molecule has 0 aliphatic carbocycles. The molecule has 0 atom stereocenters. The normalized spacial score (nSPS) is 11.8. The first-order chi connectivity index (χ1) is 11.2. The quantitative estimate of drug-likeness (QED) is 0.903. The lowest BCUT2D eigenvalue weighted by atomic mass is 10.0. The maximum Gasteiger partial charge on any atom is 0.255 e. The first-order valence-corrected chi connectivity index (χ1v) is 9.09. The van der Waals surface area contributed by atoms with Gasteiger partial charge in [0.25, 0.3) is 5.91 Å². The van der Waals surface area contributed by atoms with Crippen LogP contribution in [0.2, 0.25) is 0 Å². The second-order valence-corrected chi connectivity index (χ2v) is 8.19. The van der Waals surface area contributed by atoms with Gasteiger partial charge >= 0.3 is 0 Å². The Hall–Kier alpha value is -2.18. The molecule has 128 valence electrons. The smallest absolute Gasteiger partial charge is 0.255 e. The first-order valence-electron chi connectivity index (χ1n) is 7.65. The van der Waals surface area contributed by atoms with Gasteiger partial charge < -0.3 is 5.32 Å². The molecular formula is C18H22N2O3S. The minimum atomic E-state index is -3.47. The van der Waals surface area contributed by atoms with E-state index in [-0.39, 0.29) is 10.8 Å². The fourth-order valence-electron chi connectivity index (χ4n) is 2.14. The molecule has 24 heavy (non-hydrogen) atoms. The van der Waals surface area contributed by atoms with Gasteiger partial charge in [-0.2, -0.15) is 0 Å². The van der Waals surface area contributed by atoms with Crippen LogP contribution in [0.3, 0.4) is 0 Å². The number of nitrogens with one attached hydrogen (secondary N) is 1. The number of hydrogen-bond donors (Lipinski definition) is 1. The minimum absolute atomic E-state index is 0.187. The summed E-state index contributed by atoms with van der Waals surface area (Å²) in [5, 5.41) is 2.77. The van der Waals surface area contributed by atoms with E-state index >= 15 is 0 Å². The van der Waals surface area contributed by atoms with Crippen LogP contribution in [-0.2, 0) is 10.0 Å². The summed E-state index contributed by atoms with van der Waals surface area (Å²) in [7, 11) is -0.511. The zero-order valence-corrected chi connectivity index (χ0v) is 15.1. The van der Waals surface area contributed by atoms with Crippen LogP contribution in [0.5, 0.6) is 0 Å². The molecule has 0 unspecified atom stereocenters. The number of sulfonamides is 1. The molecule has 0 fully saturated rings. The van der Waals surface area contributed by atoms with E-state index < -0.39 is 10.0 Å². The average molecular weight is 346 g/mol. The number of hydrogen-bond acceptors (Lipinski definition) is 3. The van der Waals surface area contributed by atoms with Crippen molar-refractivity contribution in [2.24, 2.45) is 0 Å². The van der Waals surface area contributed by atoms with Crippen LogP contribution in [0.4, 0.5) is 5.69 Å². The Balaban J connectivity index is 2.12. The summed E-state index contributed by atoms with van der Waals surface area (Å²) in [6, 6.07) is 13.6. The Morgan fingerprint density at radius 3 is 1.96 bits per heavy atom. The zero-order valence-electron chi connectivity index (χ0n) is 14.3. The molecule has 0 saturated carbocycles. The molecule has 1 N–H and O–H groups in total. The van der Waals surface area contributed by atoms with Crippen molar-refractivity contribution in [3.8, 4) is 0 Å². The van der Waals surface area contributed by atoms with E-state index in [1.807, 2.05) is 12.1 Å². The number of carbonyl (C=O) groups excluding carboxylic acids is 1. The number of carbonyl (C=O) groups is 1. The van der Waals surface area contributed by atoms with Crippen LogP contribution in [0.25, 0.3) is 0 Å². The minimum Gasteiger partial charge on any atom is -0.322 e. The predicted octanol–water partition coefficient (Wildman–Crippen LogP) is 3.31. The molecule has 1 amide bonds. The summed E-state index contributed by atoms with van der Waals surface area (Å²) in [4.78, 5) is 12.4. The van der Waals surface area contributed by atoms with E-state index in [1.165, 1.54) is 31.8 Å². The largest absolute Gasteiger partial charge is 0.322 e. The van der Waals surface area contributed by atoms with Crippen LogP contribution < -0.4 is 5.32 Å². The molecule has 0 heterocycles. The van der Waals surface area contributed by atoms with Crippen LogP contribution in [0.15, 0.2) is 53.4 Å². The van der Waals surface area contributed by atoms with E-state index in [0.717, 1.165) is 4.31 Å². The maximum absolute atomic E-state index is 12.2. The lowest BCUT2D eigenvalue weighted by molar-refractivity contribution is 0.102. The molecular weight excluding hydrogens is 324 g/mol. The highest BCUT2D eigenvalue weighted by Crippen LogP contribution is 2.18. The van der Waals surface area contributed by atoms with Crippen molar-refractivity contribution >= 4 is 21.6 Å². The Kier molecular flexibility index (Phi) is 5.41. The number of anilines is 1. The summed E-state index contributed by atoms with van der Waals surface area (Å²) in [5.74, 6) is 0.182. The van der Waals surface area contributed by atoms with E-state index in [0.29, 0.717) is 17.2 Å².